The van der Waals surface area contributed by atoms with E-state index >= 15 is 0 Å². The summed E-state index contributed by atoms with van der Waals surface area (Å²) in [6, 6.07) is 5.56. The lowest BCUT2D eigenvalue weighted by Crippen LogP contribution is -2.26. The molecule has 0 aliphatic heterocycles. The zero-order valence-electron chi connectivity index (χ0n) is 10.2. The molecular weight excluding hydrogens is 272 g/mol. The van der Waals surface area contributed by atoms with Gasteiger partial charge in [0.15, 0.2) is 0 Å². The summed E-state index contributed by atoms with van der Waals surface area (Å²) in [7, 11) is -3.73. The maximum atomic E-state index is 11.8. The second-order valence-electron chi connectivity index (χ2n) is 3.75. The molecule has 0 aliphatic rings. The van der Waals surface area contributed by atoms with E-state index in [1.165, 1.54) is 31.2 Å². The lowest BCUT2D eigenvalue weighted by molar-refractivity contribution is -0.136. The fraction of sp³-hybridized carbons (Fsp3) is 0.273. The molecule has 0 saturated carbocycles. The fourth-order valence-electron chi connectivity index (χ4n) is 1.30. The first kappa shape index (κ1) is 15.1. The monoisotopic (exact) mass is 286 g/mol. The van der Waals surface area contributed by atoms with Crippen molar-refractivity contribution in [1.29, 1.82) is 0 Å². The third kappa shape index (κ3) is 5.06. The molecule has 1 rings (SSSR count). The van der Waals surface area contributed by atoms with Gasteiger partial charge in [-0.05, 0) is 24.3 Å². The third-order valence-electron chi connectivity index (χ3n) is 2.12. The molecule has 1 aromatic carbocycles. The van der Waals surface area contributed by atoms with Crippen molar-refractivity contribution in [1.82, 2.24) is 4.72 Å². The molecule has 0 spiro atoms. The molecule has 0 aliphatic carbocycles. The Balaban J connectivity index is 2.73. The zero-order valence-corrected chi connectivity index (χ0v) is 11.0. The molecule has 19 heavy (non-hydrogen) atoms. The highest BCUT2D eigenvalue weighted by molar-refractivity contribution is 7.89. The van der Waals surface area contributed by atoms with Crippen LogP contribution < -0.4 is 10.0 Å². The number of sulfonamides is 1. The van der Waals surface area contributed by atoms with Crippen LogP contribution >= 0.6 is 0 Å². The van der Waals surface area contributed by atoms with Gasteiger partial charge in [0, 0.05) is 19.2 Å². The van der Waals surface area contributed by atoms with Gasteiger partial charge < -0.3 is 10.4 Å². The Labute approximate surface area is 110 Å². The molecule has 3 N–H and O–H groups in total. The Morgan fingerprint density at radius 1 is 1.21 bits per heavy atom. The first-order chi connectivity index (χ1) is 8.81. The highest BCUT2D eigenvalue weighted by Crippen LogP contribution is 2.13. The SMILES string of the molecule is CC(=O)Nc1ccc(S(=O)(=O)NCCC(=O)O)cc1. The second-order valence-corrected chi connectivity index (χ2v) is 5.51. The number of carboxylic acids is 1. The van der Waals surface area contributed by atoms with E-state index in [0.29, 0.717) is 5.69 Å². The molecule has 7 nitrogen and oxygen atoms in total. The van der Waals surface area contributed by atoms with E-state index in [9.17, 15) is 18.0 Å². The van der Waals surface area contributed by atoms with Crippen molar-refractivity contribution >= 4 is 27.6 Å². The summed E-state index contributed by atoms with van der Waals surface area (Å²) >= 11 is 0. The predicted octanol–water partition coefficient (Wildman–Crippen LogP) is 0.398. The molecule has 0 heterocycles. The minimum atomic E-state index is -3.73. The number of anilines is 1. The van der Waals surface area contributed by atoms with Gasteiger partial charge in [-0.1, -0.05) is 0 Å². The highest BCUT2D eigenvalue weighted by Gasteiger charge is 2.13. The van der Waals surface area contributed by atoms with Crippen molar-refractivity contribution in [3.8, 4) is 0 Å². The van der Waals surface area contributed by atoms with Crippen molar-refractivity contribution in [3.63, 3.8) is 0 Å². The van der Waals surface area contributed by atoms with Gasteiger partial charge in [-0.2, -0.15) is 0 Å². The molecule has 0 bridgehead atoms. The minimum absolute atomic E-state index is 0.00647. The van der Waals surface area contributed by atoms with Crippen LogP contribution in [0.25, 0.3) is 0 Å². The summed E-state index contributed by atoms with van der Waals surface area (Å²) < 4.78 is 25.7. The Morgan fingerprint density at radius 3 is 2.26 bits per heavy atom. The maximum absolute atomic E-state index is 11.8. The van der Waals surface area contributed by atoms with Crippen LogP contribution in [0.4, 0.5) is 5.69 Å². The van der Waals surface area contributed by atoms with Gasteiger partial charge in [0.05, 0.1) is 11.3 Å². The third-order valence-corrected chi connectivity index (χ3v) is 3.59. The van der Waals surface area contributed by atoms with E-state index in [1.54, 1.807) is 0 Å². The number of rotatable bonds is 6. The number of carboxylic acid groups (broad SMARTS) is 1. The smallest absolute Gasteiger partial charge is 0.304 e. The average molecular weight is 286 g/mol. The Bertz CT molecular complexity index is 565. The molecule has 104 valence electrons. The van der Waals surface area contributed by atoms with Gasteiger partial charge in [0.1, 0.15) is 0 Å². The normalized spacial score (nSPS) is 11.0. The molecular formula is C11H14N2O5S. The van der Waals surface area contributed by atoms with Crippen molar-refractivity contribution in [2.24, 2.45) is 0 Å². The van der Waals surface area contributed by atoms with Gasteiger partial charge in [0.2, 0.25) is 15.9 Å². The summed E-state index contributed by atoms with van der Waals surface area (Å²) in [6.45, 7) is 1.17. The van der Waals surface area contributed by atoms with Gasteiger partial charge in [-0.15, -0.1) is 0 Å². The van der Waals surface area contributed by atoms with Crippen LogP contribution in [0.2, 0.25) is 0 Å². The van der Waals surface area contributed by atoms with E-state index in [0.717, 1.165) is 0 Å². The number of aliphatic carboxylic acids is 1. The van der Waals surface area contributed by atoms with E-state index in [4.69, 9.17) is 5.11 Å². The van der Waals surface area contributed by atoms with Gasteiger partial charge in [0.25, 0.3) is 0 Å². The van der Waals surface area contributed by atoms with Crippen LogP contribution in [0, 0.1) is 0 Å². The largest absolute Gasteiger partial charge is 0.481 e. The molecule has 0 fully saturated rings. The average Bonchev–Trinajstić information content (AvgIpc) is 2.28. The number of amides is 1. The Hall–Kier alpha value is -1.93. The quantitative estimate of drug-likeness (QED) is 0.700. The lowest BCUT2D eigenvalue weighted by Gasteiger charge is -2.07. The molecule has 0 unspecified atom stereocenters. The standard InChI is InChI=1S/C11H14N2O5S/c1-8(14)13-9-2-4-10(5-3-9)19(17,18)12-7-6-11(15)16/h2-5,12H,6-7H2,1H3,(H,13,14)(H,15,16). The number of nitrogens with one attached hydrogen (secondary N) is 2. The molecule has 0 saturated heterocycles. The molecule has 0 aromatic heterocycles. The molecule has 1 amide bonds. The maximum Gasteiger partial charge on any atom is 0.304 e. The number of carbonyl (C=O) groups excluding carboxylic acids is 1. The second kappa shape index (κ2) is 6.30. The van der Waals surface area contributed by atoms with Crippen molar-refractivity contribution in [2.45, 2.75) is 18.2 Å². The zero-order chi connectivity index (χ0) is 14.5. The lowest BCUT2D eigenvalue weighted by atomic mass is 10.3. The summed E-state index contributed by atoms with van der Waals surface area (Å²) in [4.78, 5) is 21.1. The molecule has 0 atom stereocenters. The predicted molar refractivity (Wildman–Crippen MR) is 68.2 cm³/mol. The van der Waals surface area contributed by atoms with Crippen LogP contribution in [-0.4, -0.2) is 31.9 Å². The van der Waals surface area contributed by atoms with Crippen molar-refractivity contribution < 1.29 is 23.1 Å². The van der Waals surface area contributed by atoms with Gasteiger partial charge in [-0.3, -0.25) is 9.59 Å². The van der Waals surface area contributed by atoms with Crippen molar-refractivity contribution in [2.75, 3.05) is 11.9 Å². The molecule has 0 radical (unpaired) electrons. The summed E-state index contributed by atoms with van der Waals surface area (Å²) in [5.41, 5.74) is 0.483. The first-order valence-electron chi connectivity index (χ1n) is 5.40. The van der Waals surface area contributed by atoms with Crippen LogP contribution in [-0.2, 0) is 19.6 Å². The minimum Gasteiger partial charge on any atom is -0.481 e. The number of benzene rings is 1. The Kier molecular flexibility index (Phi) is 5.02. The van der Waals surface area contributed by atoms with Crippen LogP contribution in [0.3, 0.4) is 0 Å². The van der Waals surface area contributed by atoms with E-state index in [2.05, 4.69) is 10.0 Å². The van der Waals surface area contributed by atoms with E-state index < -0.39 is 16.0 Å². The summed E-state index contributed by atoms with van der Waals surface area (Å²) in [6.07, 6.45) is -0.288. The highest BCUT2D eigenvalue weighted by atomic mass is 32.2. The summed E-state index contributed by atoms with van der Waals surface area (Å²) in [5, 5.41) is 10.9. The topological polar surface area (TPSA) is 113 Å². The summed E-state index contributed by atoms with van der Waals surface area (Å²) in [5.74, 6) is -1.33. The van der Waals surface area contributed by atoms with Gasteiger partial charge in [-0.25, -0.2) is 13.1 Å². The van der Waals surface area contributed by atoms with E-state index in [-0.39, 0.29) is 23.8 Å². The van der Waals surface area contributed by atoms with Crippen molar-refractivity contribution in [3.05, 3.63) is 24.3 Å². The number of carbonyl (C=O) groups is 2. The fourth-order valence-corrected chi connectivity index (χ4v) is 2.33. The number of hydrogen-bond acceptors (Lipinski definition) is 4. The van der Waals surface area contributed by atoms with E-state index in [1.807, 2.05) is 0 Å². The van der Waals surface area contributed by atoms with Gasteiger partial charge >= 0.3 is 5.97 Å². The molecule has 8 heteroatoms. The van der Waals surface area contributed by atoms with Crippen LogP contribution in [0.1, 0.15) is 13.3 Å². The first-order valence-corrected chi connectivity index (χ1v) is 6.89. The van der Waals surface area contributed by atoms with Crippen LogP contribution in [0.5, 0.6) is 0 Å². The molecule has 1 aromatic rings. The van der Waals surface area contributed by atoms with Crippen LogP contribution in [0.15, 0.2) is 29.2 Å². The Morgan fingerprint density at radius 2 is 1.79 bits per heavy atom. The number of hydrogen-bond donors (Lipinski definition) is 3.